The number of nitro groups is 1. The van der Waals surface area contributed by atoms with Crippen molar-refractivity contribution >= 4 is 11.7 Å². The number of halogens is 4. The van der Waals surface area contributed by atoms with Gasteiger partial charge in [0.05, 0.1) is 16.1 Å². The minimum atomic E-state index is -4.81. The molecule has 3 aromatic carbocycles. The molecule has 0 aliphatic heterocycles. The van der Waals surface area contributed by atoms with Crippen molar-refractivity contribution in [2.24, 2.45) is 0 Å². The third-order valence-electron chi connectivity index (χ3n) is 5.45. The van der Waals surface area contributed by atoms with Crippen LogP contribution in [0.25, 0.3) is 22.3 Å². The van der Waals surface area contributed by atoms with Crippen molar-refractivity contribution in [3.05, 3.63) is 112 Å². The first kappa shape index (κ1) is 25.3. The summed E-state index contributed by atoms with van der Waals surface area (Å²) in [7, 11) is 0. The second-order valence-electron chi connectivity index (χ2n) is 7.81. The van der Waals surface area contributed by atoms with Crippen molar-refractivity contribution in [1.82, 2.24) is 4.98 Å². The highest BCUT2D eigenvalue weighted by molar-refractivity contribution is 5.85. The van der Waals surface area contributed by atoms with E-state index in [2.05, 4.69) is 4.98 Å². The fourth-order valence-electron chi connectivity index (χ4n) is 3.65. The van der Waals surface area contributed by atoms with E-state index in [9.17, 15) is 32.5 Å². The molecule has 0 aliphatic carbocycles. The van der Waals surface area contributed by atoms with Gasteiger partial charge in [-0.3, -0.25) is 10.1 Å². The van der Waals surface area contributed by atoms with Crippen LogP contribution in [0.1, 0.15) is 21.6 Å². The van der Waals surface area contributed by atoms with Gasteiger partial charge in [-0.15, -0.1) is 0 Å². The fourth-order valence-corrected chi connectivity index (χ4v) is 3.65. The zero-order valence-corrected chi connectivity index (χ0v) is 18.7. The average Bonchev–Trinajstić information content (AvgIpc) is 2.87. The number of hydrogen-bond acceptors (Lipinski definition) is 5. The van der Waals surface area contributed by atoms with Gasteiger partial charge >= 0.3 is 12.1 Å². The Kier molecular flexibility index (Phi) is 6.87. The van der Waals surface area contributed by atoms with Crippen LogP contribution in [0.15, 0.2) is 79.0 Å². The Morgan fingerprint density at radius 3 is 2.32 bits per heavy atom. The number of ether oxygens (including phenoxy) is 1. The first-order chi connectivity index (χ1) is 17.5. The van der Waals surface area contributed by atoms with Crippen molar-refractivity contribution in [3.63, 3.8) is 0 Å². The molecular weight excluding hydrogens is 496 g/mol. The lowest BCUT2D eigenvalue weighted by molar-refractivity contribution is -0.385. The second kappa shape index (κ2) is 10.1. The quantitative estimate of drug-likeness (QED) is 0.167. The summed E-state index contributed by atoms with van der Waals surface area (Å²) in [6.45, 7) is -0.414. The van der Waals surface area contributed by atoms with Crippen LogP contribution in [0.3, 0.4) is 0 Å². The maximum Gasteiger partial charge on any atom is 0.417 e. The van der Waals surface area contributed by atoms with E-state index in [1.807, 2.05) is 0 Å². The number of nitrogens with zero attached hydrogens (tertiary/aromatic N) is 2. The molecule has 37 heavy (non-hydrogen) atoms. The maximum atomic E-state index is 14.2. The molecule has 0 radical (unpaired) electrons. The Hall–Kier alpha value is -4.80. The second-order valence-corrected chi connectivity index (χ2v) is 7.81. The third-order valence-corrected chi connectivity index (χ3v) is 5.45. The molecule has 0 bridgehead atoms. The molecule has 11 heteroatoms. The van der Waals surface area contributed by atoms with Crippen LogP contribution in [0, 0.1) is 15.9 Å². The van der Waals surface area contributed by atoms with Crippen molar-refractivity contribution in [3.8, 4) is 28.0 Å². The van der Waals surface area contributed by atoms with Gasteiger partial charge in [-0.05, 0) is 47.5 Å². The van der Waals surface area contributed by atoms with E-state index in [1.165, 1.54) is 60.8 Å². The Labute approximate surface area is 206 Å². The first-order valence-corrected chi connectivity index (χ1v) is 10.6. The van der Waals surface area contributed by atoms with Gasteiger partial charge in [0.15, 0.2) is 0 Å². The van der Waals surface area contributed by atoms with Gasteiger partial charge in [0.1, 0.15) is 23.9 Å². The first-order valence-electron chi connectivity index (χ1n) is 10.6. The lowest BCUT2D eigenvalue weighted by Gasteiger charge is -2.16. The van der Waals surface area contributed by atoms with E-state index in [0.717, 1.165) is 18.2 Å². The maximum absolute atomic E-state index is 14.2. The number of benzene rings is 3. The highest BCUT2D eigenvalue weighted by atomic mass is 19.4. The number of nitro benzene ring substituents is 1. The lowest BCUT2D eigenvalue weighted by atomic mass is 9.98. The molecule has 4 aromatic rings. The molecule has 0 spiro atoms. The van der Waals surface area contributed by atoms with Gasteiger partial charge in [-0.25, -0.2) is 14.2 Å². The van der Waals surface area contributed by atoms with Crippen molar-refractivity contribution in [2.45, 2.75) is 12.8 Å². The van der Waals surface area contributed by atoms with Gasteiger partial charge < -0.3 is 9.84 Å². The summed E-state index contributed by atoms with van der Waals surface area (Å²) >= 11 is 0. The molecular formula is C26H16F4N2O5. The van der Waals surface area contributed by atoms with E-state index < -0.39 is 35.1 Å². The largest absolute Gasteiger partial charge is 0.489 e. The SMILES string of the molecule is O=C(O)c1ccc(-c2ccc(COc3ccc(-c4ccccc4F)c(C(F)(F)F)c3)c([N+](=O)[O-])c2)cn1. The standard InChI is InChI=1S/C26H16F4N2O5/c27-22-4-2-1-3-20(22)19-9-8-18(12-21(19)26(28,29)30)37-14-17-6-5-15(11-24(17)32(35)36)16-7-10-23(25(33)34)31-13-16/h1-13H,14H2,(H,33,34). The summed E-state index contributed by atoms with van der Waals surface area (Å²) in [6.07, 6.45) is -3.55. The van der Waals surface area contributed by atoms with E-state index >= 15 is 0 Å². The molecule has 0 fully saturated rings. The molecule has 0 saturated heterocycles. The minimum Gasteiger partial charge on any atom is -0.489 e. The molecule has 1 heterocycles. The van der Waals surface area contributed by atoms with Crippen molar-refractivity contribution < 1.29 is 37.1 Å². The number of hydrogen-bond donors (Lipinski definition) is 1. The summed E-state index contributed by atoms with van der Waals surface area (Å²) in [5.74, 6) is -2.25. The van der Waals surface area contributed by atoms with Gasteiger partial charge in [0.25, 0.3) is 5.69 Å². The molecule has 188 valence electrons. The normalized spacial score (nSPS) is 11.2. The zero-order valence-electron chi connectivity index (χ0n) is 18.7. The number of aromatic carboxylic acids is 1. The number of alkyl halides is 3. The van der Waals surface area contributed by atoms with Crippen LogP contribution in [0.5, 0.6) is 5.75 Å². The summed E-state index contributed by atoms with van der Waals surface area (Å²) in [5, 5.41) is 20.6. The molecule has 4 rings (SSSR count). The number of pyridine rings is 1. The van der Waals surface area contributed by atoms with Crippen LogP contribution in [0.2, 0.25) is 0 Å². The summed E-state index contributed by atoms with van der Waals surface area (Å²) in [6, 6.07) is 14.9. The molecule has 0 aliphatic rings. The zero-order chi connectivity index (χ0) is 26.7. The predicted octanol–water partition coefficient (Wildman–Crippen LogP) is 6.76. The van der Waals surface area contributed by atoms with Crippen LogP contribution >= 0.6 is 0 Å². The van der Waals surface area contributed by atoms with E-state index in [1.54, 1.807) is 0 Å². The molecule has 0 unspecified atom stereocenters. The van der Waals surface area contributed by atoms with E-state index in [0.29, 0.717) is 11.1 Å². The van der Waals surface area contributed by atoms with Gasteiger partial charge in [0.2, 0.25) is 0 Å². The smallest absolute Gasteiger partial charge is 0.417 e. The topological polar surface area (TPSA) is 103 Å². The molecule has 0 amide bonds. The highest BCUT2D eigenvalue weighted by Gasteiger charge is 2.35. The number of rotatable bonds is 7. The number of carbonyl (C=O) groups is 1. The summed E-state index contributed by atoms with van der Waals surface area (Å²) in [4.78, 5) is 25.7. The lowest BCUT2D eigenvalue weighted by Crippen LogP contribution is -2.09. The molecule has 0 saturated carbocycles. The Morgan fingerprint density at radius 1 is 0.973 bits per heavy atom. The summed E-state index contributed by atoms with van der Waals surface area (Å²) < 4.78 is 60.8. The van der Waals surface area contributed by atoms with Crippen LogP contribution in [0.4, 0.5) is 23.2 Å². The van der Waals surface area contributed by atoms with Gasteiger partial charge in [0, 0.05) is 23.4 Å². The Balaban J connectivity index is 1.62. The molecule has 1 N–H and O–H groups in total. The Bertz CT molecular complexity index is 1490. The number of carboxylic acid groups (broad SMARTS) is 1. The number of carboxylic acids is 1. The summed E-state index contributed by atoms with van der Waals surface area (Å²) in [5.41, 5.74) is -1.34. The highest BCUT2D eigenvalue weighted by Crippen LogP contribution is 2.40. The monoisotopic (exact) mass is 512 g/mol. The van der Waals surface area contributed by atoms with E-state index in [-0.39, 0.29) is 33.8 Å². The predicted molar refractivity (Wildman–Crippen MR) is 124 cm³/mol. The van der Waals surface area contributed by atoms with Crippen LogP contribution in [-0.2, 0) is 12.8 Å². The molecule has 0 atom stereocenters. The van der Waals surface area contributed by atoms with Crippen molar-refractivity contribution in [2.75, 3.05) is 0 Å². The van der Waals surface area contributed by atoms with Gasteiger partial charge in [-0.2, -0.15) is 13.2 Å². The van der Waals surface area contributed by atoms with Gasteiger partial charge in [-0.1, -0.05) is 30.3 Å². The minimum absolute atomic E-state index is 0.0932. The third kappa shape index (κ3) is 5.56. The average molecular weight is 512 g/mol. The van der Waals surface area contributed by atoms with Crippen LogP contribution < -0.4 is 4.74 Å². The Morgan fingerprint density at radius 2 is 1.70 bits per heavy atom. The number of aromatic nitrogens is 1. The van der Waals surface area contributed by atoms with Crippen LogP contribution in [-0.4, -0.2) is 21.0 Å². The molecule has 7 nitrogen and oxygen atoms in total. The fraction of sp³-hybridized carbons (Fsp3) is 0.0769. The van der Waals surface area contributed by atoms with Crippen molar-refractivity contribution in [1.29, 1.82) is 0 Å². The van der Waals surface area contributed by atoms with E-state index in [4.69, 9.17) is 9.84 Å². The molecule has 1 aromatic heterocycles.